The van der Waals surface area contributed by atoms with Gasteiger partial charge in [0.25, 0.3) is 0 Å². The van der Waals surface area contributed by atoms with Crippen LogP contribution in [0.5, 0.6) is 5.75 Å². The molecule has 134 valence electrons. The molecule has 1 N–H and O–H groups in total. The van der Waals surface area contributed by atoms with Crippen molar-refractivity contribution in [1.29, 1.82) is 0 Å². The van der Waals surface area contributed by atoms with Crippen LogP contribution >= 0.6 is 0 Å². The van der Waals surface area contributed by atoms with E-state index in [1.165, 1.54) is 6.07 Å². The molecule has 1 aliphatic rings. The van der Waals surface area contributed by atoms with Crippen molar-refractivity contribution >= 4 is 16.9 Å². The van der Waals surface area contributed by atoms with Crippen LogP contribution in [0.25, 0.3) is 11.0 Å². The minimum absolute atomic E-state index is 0.174. The molecule has 6 heteroatoms. The highest BCUT2D eigenvalue weighted by atomic mass is 16.6. The van der Waals surface area contributed by atoms with Crippen molar-refractivity contribution in [2.45, 2.75) is 51.9 Å². The summed E-state index contributed by atoms with van der Waals surface area (Å²) in [6.07, 6.45) is -1.59. The van der Waals surface area contributed by atoms with Gasteiger partial charge in [0.2, 0.25) is 0 Å². The summed E-state index contributed by atoms with van der Waals surface area (Å²) < 4.78 is 16.7. The first-order valence-corrected chi connectivity index (χ1v) is 8.32. The summed E-state index contributed by atoms with van der Waals surface area (Å²) in [7, 11) is 0. The molecule has 0 radical (unpaired) electrons. The number of esters is 1. The van der Waals surface area contributed by atoms with Crippen LogP contribution in [0.15, 0.2) is 33.5 Å². The normalized spacial score (nSPS) is 19.8. The summed E-state index contributed by atoms with van der Waals surface area (Å²) in [6.45, 7) is 7.26. The first-order valence-electron chi connectivity index (χ1n) is 8.32. The molecule has 0 saturated carbocycles. The van der Waals surface area contributed by atoms with Crippen LogP contribution in [0.2, 0.25) is 0 Å². The van der Waals surface area contributed by atoms with Crippen molar-refractivity contribution in [2.24, 2.45) is 5.92 Å². The Morgan fingerprint density at radius 2 is 1.96 bits per heavy atom. The standard InChI is InChI=1S/C19H22O6/c1-10(2)9-14(21)25-19(3,4)18-16(22)15-12(23-18)7-5-11-6-8-13(20)24-17(11)15/h5-8,10,16,18,22H,9H2,1-4H3/t16-,18-/m1/s1. The van der Waals surface area contributed by atoms with E-state index in [4.69, 9.17) is 13.9 Å². The van der Waals surface area contributed by atoms with Crippen molar-refractivity contribution in [3.63, 3.8) is 0 Å². The summed E-state index contributed by atoms with van der Waals surface area (Å²) in [5.41, 5.74) is -0.845. The van der Waals surface area contributed by atoms with Gasteiger partial charge in [-0.05, 0) is 38.0 Å². The second-order valence-electron chi connectivity index (χ2n) is 7.31. The lowest BCUT2D eigenvalue weighted by Gasteiger charge is -2.32. The third-order valence-electron chi connectivity index (χ3n) is 4.26. The van der Waals surface area contributed by atoms with E-state index in [0.29, 0.717) is 22.3 Å². The minimum Gasteiger partial charge on any atom is -0.483 e. The Morgan fingerprint density at radius 3 is 2.64 bits per heavy atom. The molecule has 1 aliphatic heterocycles. The van der Waals surface area contributed by atoms with Gasteiger partial charge in [0.15, 0.2) is 6.10 Å². The van der Waals surface area contributed by atoms with Gasteiger partial charge in [-0.1, -0.05) is 13.8 Å². The maximum absolute atomic E-state index is 12.0. The Labute approximate surface area is 145 Å². The van der Waals surface area contributed by atoms with Gasteiger partial charge in [0.1, 0.15) is 23.0 Å². The summed E-state index contributed by atoms with van der Waals surface area (Å²) in [4.78, 5) is 23.6. The third-order valence-corrected chi connectivity index (χ3v) is 4.26. The molecule has 3 rings (SSSR count). The molecule has 25 heavy (non-hydrogen) atoms. The highest BCUT2D eigenvalue weighted by Crippen LogP contribution is 2.45. The summed E-state index contributed by atoms with van der Waals surface area (Å²) in [5.74, 6) is 0.253. The molecular weight excluding hydrogens is 324 g/mol. The lowest BCUT2D eigenvalue weighted by molar-refractivity contribution is -0.171. The van der Waals surface area contributed by atoms with E-state index < -0.39 is 23.4 Å². The lowest BCUT2D eigenvalue weighted by Crippen LogP contribution is -2.45. The Balaban J connectivity index is 1.93. The van der Waals surface area contributed by atoms with E-state index in [0.717, 1.165) is 0 Å². The maximum atomic E-state index is 12.0. The molecule has 0 fully saturated rings. The number of fused-ring (bicyclic) bond motifs is 3. The van der Waals surface area contributed by atoms with Gasteiger partial charge in [-0.25, -0.2) is 4.79 Å². The van der Waals surface area contributed by atoms with E-state index in [2.05, 4.69) is 0 Å². The fourth-order valence-corrected chi connectivity index (χ4v) is 3.12. The second-order valence-corrected chi connectivity index (χ2v) is 7.31. The number of carbonyl (C=O) groups excluding carboxylic acids is 1. The Kier molecular flexibility index (Phi) is 4.33. The van der Waals surface area contributed by atoms with Gasteiger partial charge in [0, 0.05) is 17.9 Å². The van der Waals surface area contributed by atoms with Gasteiger partial charge in [-0.2, -0.15) is 0 Å². The Hall–Kier alpha value is -2.34. The predicted octanol–water partition coefficient (Wildman–Crippen LogP) is 2.96. The topological polar surface area (TPSA) is 86.0 Å². The van der Waals surface area contributed by atoms with Gasteiger partial charge in [-0.3, -0.25) is 4.79 Å². The summed E-state index contributed by atoms with van der Waals surface area (Å²) in [5, 5.41) is 11.5. The van der Waals surface area contributed by atoms with E-state index in [-0.39, 0.29) is 18.3 Å². The fourth-order valence-electron chi connectivity index (χ4n) is 3.12. The number of carbonyl (C=O) groups is 1. The van der Waals surface area contributed by atoms with Crippen LogP contribution in [-0.4, -0.2) is 22.8 Å². The molecule has 0 spiro atoms. The maximum Gasteiger partial charge on any atom is 0.336 e. The highest BCUT2D eigenvalue weighted by Gasteiger charge is 2.47. The van der Waals surface area contributed by atoms with E-state index in [1.807, 2.05) is 13.8 Å². The Morgan fingerprint density at radius 1 is 1.28 bits per heavy atom. The van der Waals surface area contributed by atoms with E-state index in [9.17, 15) is 14.7 Å². The van der Waals surface area contributed by atoms with Gasteiger partial charge in [-0.15, -0.1) is 0 Å². The third kappa shape index (κ3) is 3.26. The first-order chi connectivity index (χ1) is 11.7. The van der Waals surface area contributed by atoms with E-state index >= 15 is 0 Å². The molecule has 0 unspecified atom stereocenters. The molecule has 0 amide bonds. The van der Waals surface area contributed by atoms with Crippen LogP contribution in [0.4, 0.5) is 0 Å². The zero-order valence-electron chi connectivity index (χ0n) is 14.7. The monoisotopic (exact) mass is 346 g/mol. The first kappa shape index (κ1) is 17.5. The summed E-state index contributed by atoms with van der Waals surface area (Å²) in [6, 6.07) is 6.43. The number of ether oxygens (including phenoxy) is 2. The number of rotatable bonds is 4. The number of hydrogen-bond donors (Lipinski definition) is 1. The van der Waals surface area contributed by atoms with Crippen LogP contribution in [0.1, 0.15) is 45.8 Å². The number of aliphatic hydroxyl groups excluding tert-OH is 1. The fraction of sp³-hybridized carbons (Fsp3) is 0.474. The van der Waals surface area contributed by atoms with Crippen molar-refractivity contribution in [1.82, 2.24) is 0 Å². The van der Waals surface area contributed by atoms with Crippen molar-refractivity contribution in [3.8, 4) is 5.75 Å². The molecule has 0 aliphatic carbocycles. The zero-order chi connectivity index (χ0) is 18.4. The highest BCUT2D eigenvalue weighted by molar-refractivity contribution is 5.83. The van der Waals surface area contributed by atoms with Crippen molar-refractivity contribution in [2.75, 3.05) is 0 Å². The predicted molar refractivity (Wildman–Crippen MR) is 91.5 cm³/mol. The quantitative estimate of drug-likeness (QED) is 0.677. The second kappa shape index (κ2) is 6.19. The molecule has 6 nitrogen and oxygen atoms in total. The molecule has 1 aromatic heterocycles. The lowest BCUT2D eigenvalue weighted by atomic mass is 9.93. The molecule has 1 aromatic carbocycles. The molecule has 2 aromatic rings. The van der Waals surface area contributed by atoms with Crippen molar-refractivity contribution in [3.05, 3.63) is 40.2 Å². The number of hydrogen-bond acceptors (Lipinski definition) is 6. The van der Waals surface area contributed by atoms with Gasteiger partial charge in [0.05, 0.1) is 5.56 Å². The van der Waals surface area contributed by atoms with E-state index in [1.54, 1.807) is 32.0 Å². The average Bonchev–Trinajstić information content (AvgIpc) is 2.84. The van der Waals surface area contributed by atoms with Crippen LogP contribution in [-0.2, 0) is 9.53 Å². The minimum atomic E-state index is -1.08. The van der Waals surface area contributed by atoms with Gasteiger partial charge < -0.3 is 19.0 Å². The smallest absolute Gasteiger partial charge is 0.336 e. The molecule has 0 saturated heterocycles. The summed E-state index contributed by atoms with van der Waals surface area (Å²) >= 11 is 0. The Bertz CT molecular complexity index is 864. The largest absolute Gasteiger partial charge is 0.483 e. The van der Waals surface area contributed by atoms with Crippen molar-refractivity contribution < 1.29 is 23.8 Å². The average molecular weight is 346 g/mol. The number of aliphatic hydroxyl groups is 1. The number of benzene rings is 1. The molecule has 2 atom stereocenters. The van der Waals surface area contributed by atoms with Crippen LogP contribution in [0, 0.1) is 5.92 Å². The zero-order valence-corrected chi connectivity index (χ0v) is 14.7. The molecule has 0 bridgehead atoms. The SMILES string of the molecule is CC(C)CC(=O)OC(C)(C)[C@@H]1Oc2ccc3ccc(=O)oc3c2[C@H]1O. The van der Waals surface area contributed by atoms with Gasteiger partial charge >= 0.3 is 11.6 Å². The van der Waals surface area contributed by atoms with Crippen LogP contribution < -0.4 is 10.4 Å². The van der Waals surface area contributed by atoms with Crippen LogP contribution in [0.3, 0.4) is 0 Å². The molecule has 2 heterocycles. The molecular formula is C19H22O6.